The van der Waals surface area contributed by atoms with Gasteiger partial charge in [-0.3, -0.25) is 0 Å². The topological polar surface area (TPSA) is 116 Å². The number of hydrogen-bond donors (Lipinski definition) is 4. The lowest BCUT2D eigenvalue weighted by Gasteiger charge is -2.09. The average Bonchev–Trinajstić information content (AvgIpc) is 4.19. The Labute approximate surface area is 372 Å². The fraction of sp³-hybridized carbons (Fsp3) is 0.231. The van der Waals surface area contributed by atoms with Gasteiger partial charge in [-0.2, -0.15) is 18.3 Å². The van der Waals surface area contributed by atoms with Gasteiger partial charge < -0.3 is 38.9 Å². The first-order chi connectivity index (χ1) is 31.6. The van der Waals surface area contributed by atoms with Crippen molar-refractivity contribution in [1.82, 2.24) is 19.9 Å². The molecule has 0 saturated carbocycles. The lowest BCUT2D eigenvalue weighted by molar-refractivity contribution is -0.700. The first kappa shape index (κ1) is 42.3. The lowest BCUT2D eigenvalue weighted by atomic mass is 10.1. The van der Waals surface area contributed by atoms with E-state index >= 15 is 0 Å². The minimum atomic E-state index is 0.570. The Hall–Kier alpha value is -6.96. The van der Waals surface area contributed by atoms with Crippen LogP contribution in [-0.4, -0.2) is 74.8 Å². The van der Waals surface area contributed by atoms with Crippen molar-refractivity contribution in [2.24, 2.45) is 0 Å². The molecule has 12 heteroatoms. The van der Waals surface area contributed by atoms with Crippen LogP contribution in [0.1, 0.15) is 45.6 Å². The molecule has 0 aliphatic carbocycles. The van der Waals surface area contributed by atoms with Gasteiger partial charge in [-0.15, -0.1) is 0 Å². The summed E-state index contributed by atoms with van der Waals surface area (Å²) in [6.07, 6.45) is 8.48. The van der Waals surface area contributed by atoms with Gasteiger partial charge in [-0.25, -0.2) is 0 Å². The Morgan fingerprint density at radius 3 is 0.797 bits per heavy atom. The third kappa shape index (κ3) is 8.56. The number of fused-ring (bicyclic) bond motifs is 8. The number of ether oxygens (including phenoxy) is 4. The van der Waals surface area contributed by atoms with E-state index in [0.717, 1.165) is 89.2 Å². The molecule has 4 N–H and O–H groups in total. The number of aromatic amines is 4. The summed E-state index contributed by atoms with van der Waals surface area (Å²) in [7, 11) is 6.98. The molecule has 0 saturated heterocycles. The smallest absolute Gasteiger partial charge is 0.216 e. The van der Waals surface area contributed by atoms with Gasteiger partial charge in [-0.05, 0) is 72.8 Å². The summed E-state index contributed by atoms with van der Waals surface area (Å²) in [5.74, 6) is 0. The van der Waals surface area contributed by atoms with Crippen LogP contribution in [0.4, 0.5) is 0 Å². The Bertz CT molecular complexity index is 2740. The third-order valence-electron chi connectivity index (χ3n) is 11.8. The van der Waals surface area contributed by atoms with Gasteiger partial charge >= 0.3 is 0 Å². The standard InChI is InChI=1S/C52H54N8O4/c1-61-33-29-57-25-9-5-13-45(57)49-37-17-19-39(53-37)50(46-14-6-10-26-58(46)30-34-62-2)41-21-23-43(55-41)52(48-16-8-12-28-60(48)32-36-64-4)44-24-22-42(56-44)51(40-20-18-38(49)54-40)47-15-7-11-27-59(47)31-35-63-3/h5-28H,29-36H2,1-4H3,(H2,53,54,55,56)/q+2/p+2. The van der Waals surface area contributed by atoms with Crippen molar-refractivity contribution in [3.8, 4) is 0 Å². The quantitative estimate of drug-likeness (QED) is 0.112. The van der Waals surface area contributed by atoms with Gasteiger partial charge in [0.1, 0.15) is 26.4 Å². The van der Waals surface area contributed by atoms with E-state index in [9.17, 15) is 0 Å². The number of aromatic nitrogens is 8. The molecule has 8 bridgehead atoms. The van der Waals surface area contributed by atoms with Gasteiger partial charge in [0.25, 0.3) is 0 Å². The summed E-state index contributed by atoms with van der Waals surface area (Å²) in [6, 6.07) is 43.0. The molecule has 0 atom stereocenters. The fourth-order valence-electron chi connectivity index (χ4n) is 8.78. The van der Waals surface area contributed by atoms with Gasteiger partial charge in [-0.1, -0.05) is 0 Å². The van der Waals surface area contributed by atoms with E-state index in [1.54, 1.807) is 28.4 Å². The monoisotopic (exact) mass is 856 g/mol. The number of nitrogens with zero attached hydrogens (tertiary/aromatic N) is 4. The SMILES string of the molecule is COCC[n+]1ccccc1C1=c2ccc([nH]2)=C(c2cccc[n+]2CCOC)c2ccc([nH]2)C(c2cccc[n+]2CCOC)=c2ccc([nH]2)=C(c2cccc[n+]2CCOC)c2ccc1[nH]2. The zero-order valence-electron chi connectivity index (χ0n) is 36.9. The second kappa shape index (κ2) is 19.6. The molecule has 0 fully saturated rings. The molecule has 0 unspecified atom stereocenters. The predicted octanol–water partition coefficient (Wildman–Crippen LogP) is 2.04. The first-order valence-corrected chi connectivity index (χ1v) is 21.8. The first-order valence-electron chi connectivity index (χ1n) is 21.8. The summed E-state index contributed by atoms with van der Waals surface area (Å²) in [6.45, 7) is 5.01. The molecule has 0 spiro atoms. The Kier molecular flexibility index (Phi) is 13.0. The molecular formula is C52H56N8O4+4. The normalized spacial score (nSPS) is 12.7. The highest BCUT2D eigenvalue weighted by atomic mass is 16.5. The van der Waals surface area contributed by atoms with Crippen LogP contribution in [0.25, 0.3) is 22.3 Å². The van der Waals surface area contributed by atoms with Crippen LogP contribution in [0, 0.1) is 0 Å². The maximum atomic E-state index is 5.61. The molecule has 1 aliphatic heterocycles. The van der Waals surface area contributed by atoms with E-state index in [0.29, 0.717) is 52.6 Å². The number of pyridine rings is 4. The number of rotatable bonds is 16. The van der Waals surface area contributed by atoms with Crippen LogP contribution >= 0.6 is 0 Å². The van der Waals surface area contributed by atoms with Gasteiger partial charge in [0, 0.05) is 77.0 Å². The summed E-state index contributed by atoms with van der Waals surface area (Å²) in [5.41, 5.74) is 12.1. The lowest BCUT2D eigenvalue weighted by Crippen LogP contribution is -2.41. The molecule has 12 nitrogen and oxygen atoms in total. The molecule has 9 rings (SSSR count). The molecule has 64 heavy (non-hydrogen) atoms. The van der Waals surface area contributed by atoms with Crippen molar-refractivity contribution in [2.75, 3.05) is 54.9 Å². The second-order valence-corrected chi connectivity index (χ2v) is 15.7. The Morgan fingerprint density at radius 2 is 0.562 bits per heavy atom. The van der Waals surface area contributed by atoms with Crippen molar-refractivity contribution >= 4 is 22.3 Å². The highest BCUT2D eigenvalue weighted by Crippen LogP contribution is 2.25. The van der Waals surface area contributed by atoms with E-state index in [-0.39, 0.29) is 0 Å². The zero-order valence-corrected chi connectivity index (χ0v) is 36.9. The zero-order chi connectivity index (χ0) is 43.8. The van der Waals surface area contributed by atoms with Crippen LogP contribution in [0.15, 0.2) is 146 Å². The number of methoxy groups -OCH3 is 4. The van der Waals surface area contributed by atoms with Gasteiger partial charge in [0.05, 0.1) is 66.5 Å². The molecular weight excluding hydrogens is 801 g/mol. The van der Waals surface area contributed by atoms with Crippen molar-refractivity contribution in [2.45, 2.75) is 26.2 Å². The maximum absolute atomic E-state index is 5.61. The maximum Gasteiger partial charge on any atom is 0.216 e. The van der Waals surface area contributed by atoms with Crippen molar-refractivity contribution in [1.29, 1.82) is 0 Å². The largest absolute Gasteiger partial charge is 0.378 e. The van der Waals surface area contributed by atoms with Crippen molar-refractivity contribution in [3.05, 3.63) is 213 Å². The number of nitrogens with one attached hydrogen (secondary N) is 4. The van der Waals surface area contributed by atoms with Gasteiger partial charge in [0.2, 0.25) is 22.8 Å². The molecule has 8 aromatic rings. The van der Waals surface area contributed by atoms with E-state index in [1.165, 1.54) is 0 Å². The minimum absolute atomic E-state index is 0.570. The van der Waals surface area contributed by atoms with E-state index < -0.39 is 0 Å². The number of H-pyrrole nitrogens is 4. The molecule has 0 radical (unpaired) electrons. The summed E-state index contributed by atoms with van der Waals surface area (Å²) in [4.78, 5) is 15.8. The number of hydrogen-bond acceptors (Lipinski definition) is 4. The summed E-state index contributed by atoms with van der Waals surface area (Å²) < 4.78 is 31.5. The van der Waals surface area contributed by atoms with E-state index in [2.05, 4.69) is 184 Å². The molecule has 0 amide bonds. The summed E-state index contributed by atoms with van der Waals surface area (Å²) in [5, 5.41) is 3.85. The minimum Gasteiger partial charge on any atom is -0.378 e. The molecule has 1 aliphatic rings. The van der Waals surface area contributed by atoms with Crippen LogP contribution in [0.5, 0.6) is 0 Å². The van der Waals surface area contributed by atoms with Crippen LogP contribution in [0.2, 0.25) is 0 Å². The predicted molar refractivity (Wildman–Crippen MR) is 242 cm³/mol. The highest BCUT2D eigenvalue weighted by molar-refractivity contribution is 5.81. The fourth-order valence-corrected chi connectivity index (χ4v) is 8.78. The molecule has 0 aromatic carbocycles. The molecule has 324 valence electrons. The van der Waals surface area contributed by atoms with Crippen LogP contribution in [-0.2, 0) is 45.1 Å². The summed E-state index contributed by atoms with van der Waals surface area (Å²) >= 11 is 0. The Morgan fingerprint density at radius 1 is 0.312 bits per heavy atom. The second-order valence-electron chi connectivity index (χ2n) is 15.7. The van der Waals surface area contributed by atoms with Crippen molar-refractivity contribution < 1.29 is 37.2 Å². The Balaban J connectivity index is 1.43. The van der Waals surface area contributed by atoms with Crippen LogP contribution < -0.4 is 39.7 Å². The highest BCUT2D eigenvalue weighted by Gasteiger charge is 2.27. The van der Waals surface area contributed by atoms with Gasteiger partial charge in [0.15, 0.2) is 51.0 Å². The third-order valence-corrected chi connectivity index (χ3v) is 11.8. The average molecular weight is 857 g/mol. The van der Waals surface area contributed by atoms with Crippen molar-refractivity contribution in [3.63, 3.8) is 0 Å². The molecule has 9 heterocycles. The van der Waals surface area contributed by atoms with Crippen LogP contribution in [0.3, 0.4) is 0 Å². The van der Waals surface area contributed by atoms with E-state index in [4.69, 9.17) is 18.9 Å². The molecule has 8 aromatic heterocycles. The van der Waals surface area contributed by atoms with E-state index in [1.807, 2.05) is 0 Å².